The second-order valence-corrected chi connectivity index (χ2v) is 3.54. The molecule has 0 unspecified atom stereocenters. The van der Waals surface area contributed by atoms with Gasteiger partial charge in [-0.25, -0.2) is 4.57 Å². The van der Waals surface area contributed by atoms with Gasteiger partial charge in [-0.3, -0.25) is 0 Å². The number of hydrogen-bond acceptors (Lipinski definition) is 0. The number of pyridine rings is 1. The van der Waals surface area contributed by atoms with E-state index in [0.717, 1.165) is 0 Å². The zero-order valence-corrected chi connectivity index (χ0v) is 10.8. The van der Waals surface area contributed by atoms with Crippen LogP contribution in [0.3, 0.4) is 0 Å². The maximum absolute atomic E-state index is 2.12. The van der Waals surface area contributed by atoms with Crippen molar-refractivity contribution in [2.45, 2.75) is 0 Å². The van der Waals surface area contributed by atoms with Crippen molar-refractivity contribution in [1.82, 2.24) is 0 Å². The van der Waals surface area contributed by atoms with Gasteiger partial charge in [-0.2, -0.15) is 0 Å². The molecule has 0 bridgehead atoms. The number of hydrogen-bond donors (Lipinski definition) is 0. The molecule has 2 aromatic rings. The number of halogens is 1. The molecule has 1 aromatic heterocycles. The molecule has 2 rings (SSSR count). The summed E-state index contributed by atoms with van der Waals surface area (Å²) in [5.41, 5.74) is 2.45. The first-order valence-electron chi connectivity index (χ1n) is 5.03. The second-order valence-electron chi connectivity index (χ2n) is 3.54. The van der Waals surface area contributed by atoms with Crippen LogP contribution in [0, 0.1) is 0 Å². The number of aryl methyl sites for hydroxylation is 1. The van der Waals surface area contributed by atoms with Crippen LogP contribution < -0.4 is 21.5 Å². The third kappa shape index (κ3) is 3.63. The molecule has 16 heavy (non-hydrogen) atoms. The second kappa shape index (κ2) is 6.23. The van der Waals surface area contributed by atoms with Gasteiger partial charge in [0.1, 0.15) is 7.05 Å². The normalized spacial score (nSPS) is 10.1. The summed E-state index contributed by atoms with van der Waals surface area (Å²) in [6.07, 6.45) is 8.33. The van der Waals surface area contributed by atoms with Gasteiger partial charge >= 0.3 is 0 Å². The lowest BCUT2D eigenvalue weighted by atomic mass is 10.1. The Balaban J connectivity index is 0.00000128. The summed E-state index contributed by atoms with van der Waals surface area (Å²) in [7, 11) is 2.02. The van der Waals surface area contributed by atoms with E-state index in [-0.39, 0.29) is 17.0 Å². The van der Waals surface area contributed by atoms with Crippen LogP contribution in [0.5, 0.6) is 0 Å². The molecule has 82 valence electrons. The Labute approximate surface area is 107 Å². The predicted molar refractivity (Wildman–Crippen MR) is 63.0 cm³/mol. The molecule has 0 aliphatic rings. The summed E-state index contributed by atoms with van der Waals surface area (Å²) in [5, 5.41) is 0. The van der Waals surface area contributed by atoms with Gasteiger partial charge in [0.15, 0.2) is 12.4 Å². The van der Waals surface area contributed by atoms with Gasteiger partial charge in [0.2, 0.25) is 0 Å². The minimum atomic E-state index is 0. The largest absolute Gasteiger partial charge is 1.00 e. The fourth-order valence-corrected chi connectivity index (χ4v) is 1.38. The fraction of sp³-hybridized carbons (Fsp3) is 0.0714. The van der Waals surface area contributed by atoms with Gasteiger partial charge < -0.3 is 17.0 Å². The molecule has 0 radical (unpaired) electrons. The highest BCUT2D eigenvalue weighted by atomic mass is 79.9. The van der Waals surface area contributed by atoms with Crippen molar-refractivity contribution in [3.05, 3.63) is 66.0 Å². The summed E-state index contributed by atoms with van der Waals surface area (Å²) < 4.78 is 2.03. The van der Waals surface area contributed by atoms with E-state index in [9.17, 15) is 0 Å². The smallest absolute Gasteiger partial charge is 0.169 e. The summed E-state index contributed by atoms with van der Waals surface area (Å²) in [6.45, 7) is 0. The molecular weight excluding hydrogens is 262 g/mol. The van der Waals surface area contributed by atoms with Crippen LogP contribution >= 0.6 is 0 Å². The molecule has 0 saturated heterocycles. The SMILES string of the molecule is C[n+]1ccc(C=Cc2ccccc2)cc1.[Br-]. The van der Waals surface area contributed by atoms with Crippen LogP contribution in [-0.4, -0.2) is 0 Å². The van der Waals surface area contributed by atoms with Crippen molar-refractivity contribution in [1.29, 1.82) is 0 Å². The highest BCUT2D eigenvalue weighted by molar-refractivity contribution is 5.68. The molecule has 0 amide bonds. The number of rotatable bonds is 2. The predicted octanol–water partition coefficient (Wildman–Crippen LogP) is -0.315. The van der Waals surface area contributed by atoms with E-state index in [1.807, 2.05) is 42.2 Å². The van der Waals surface area contributed by atoms with Gasteiger partial charge in [0.05, 0.1) is 0 Å². The van der Waals surface area contributed by atoms with Crippen LogP contribution in [0.2, 0.25) is 0 Å². The minimum Gasteiger partial charge on any atom is -1.00 e. The van der Waals surface area contributed by atoms with Gasteiger partial charge in [-0.05, 0) is 11.1 Å². The zero-order valence-electron chi connectivity index (χ0n) is 9.18. The lowest BCUT2D eigenvalue weighted by Crippen LogP contribution is -3.00. The van der Waals surface area contributed by atoms with E-state index in [2.05, 4.69) is 36.4 Å². The van der Waals surface area contributed by atoms with E-state index in [1.54, 1.807) is 0 Å². The van der Waals surface area contributed by atoms with Crippen molar-refractivity contribution in [2.75, 3.05) is 0 Å². The Hall–Kier alpha value is -1.41. The Bertz CT molecular complexity index is 446. The van der Waals surface area contributed by atoms with Gasteiger partial charge in [0.25, 0.3) is 0 Å². The monoisotopic (exact) mass is 275 g/mol. The molecule has 0 atom stereocenters. The molecule has 0 aliphatic heterocycles. The number of nitrogens with zero attached hydrogens (tertiary/aromatic N) is 1. The minimum absolute atomic E-state index is 0. The summed E-state index contributed by atoms with van der Waals surface area (Å²) >= 11 is 0. The van der Waals surface area contributed by atoms with Crippen molar-refractivity contribution < 1.29 is 21.5 Å². The Morgan fingerprint density at radius 2 is 1.31 bits per heavy atom. The van der Waals surface area contributed by atoms with Gasteiger partial charge in [-0.15, -0.1) is 0 Å². The van der Waals surface area contributed by atoms with Crippen molar-refractivity contribution in [3.8, 4) is 0 Å². The van der Waals surface area contributed by atoms with Crippen molar-refractivity contribution in [2.24, 2.45) is 7.05 Å². The average Bonchev–Trinajstić information content (AvgIpc) is 2.30. The Morgan fingerprint density at radius 1 is 0.812 bits per heavy atom. The molecule has 1 nitrogen and oxygen atoms in total. The standard InChI is InChI=1S/C14H14N.BrH/c1-15-11-9-14(10-12-15)8-7-13-5-3-2-4-6-13;/h2-12H,1H3;1H/q+1;/p-1. The van der Waals surface area contributed by atoms with Crippen LogP contribution in [0.15, 0.2) is 54.9 Å². The van der Waals surface area contributed by atoms with E-state index >= 15 is 0 Å². The van der Waals surface area contributed by atoms with Crippen molar-refractivity contribution >= 4 is 12.2 Å². The maximum atomic E-state index is 2.12. The summed E-state index contributed by atoms with van der Waals surface area (Å²) in [6, 6.07) is 14.5. The topological polar surface area (TPSA) is 3.88 Å². The highest BCUT2D eigenvalue weighted by Gasteiger charge is 1.90. The number of aromatic nitrogens is 1. The number of benzene rings is 1. The van der Waals surface area contributed by atoms with Gasteiger partial charge in [-0.1, -0.05) is 42.5 Å². The summed E-state index contributed by atoms with van der Waals surface area (Å²) in [4.78, 5) is 0. The summed E-state index contributed by atoms with van der Waals surface area (Å²) in [5.74, 6) is 0. The van der Waals surface area contributed by atoms with Crippen molar-refractivity contribution in [3.63, 3.8) is 0 Å². The van der Waals surface area contributed by atoms with Crippen LogP contribution in [0.1, 0.15) is 11.1 Å². The average molecular weight is 276 g/mol. The third-order valence-corrected chi connectivity index (χ3v) is 2.27. The molecule has 1 heterocycles. The highest BCUT2D eigenvalue weighted by Crippen LogP contribution is 2.05. The first-order valence-corrected chi connectivity index (χ1v) is 5.03. The first-order chi connectivity index (χ1) is 7.34. The van der Waals surface area contributed by atoms with E-state index in [1.165, 1.54) is 11.1 Å². The molecule has 0 N–H and O–H groups in total. The molecule has 0 spiro atoms. The van der Waals surface area contributed by atoms with Gasteiger partial charge in [0, 0.05) is 12.1 Å². The lowest BCUT2D eigenvalue weighted by Gasteiger charge is -1.92. The Kier molecular flexibility index (Phi) is 4.93. The zero-order chi connectivity index (χ0) is 10.5. The van der Waals surface area contributed by atoms with E-state index < -0.39 is 0 Å². The molecule has 0 aliphatic carbocycles. The maximum Gasteiger partial charge on any atom is 0.169 e. The molecule has 2 heteroatoms. The first kappa shape index (κ1) is 12.7. The van der Waals surface area contributed by atoms with Crippen LogP contribution in [0.4, 0.5) is 0 Å². The van der Waals surface area contributed by atoms with E-state index in [0.29, 0.717) is 0 Å². The van der Waals surface area contributed by atoms with Crippen LogP contribution in [-0.2, 0) is 7.05 Å². The molecular formula is C14H14BrN. The quantitative estimate of drug-likeness (QED) is 0.662. The molecule has 1 aromatic carbocycles. The lowest BCUT2D eigenvalue weighted by molar-refractivity contribution is -0.671. The Morgan fingerprint density at radius 3 is 1.88 bits per heavy atom. The van der Waals surface area contributed by atoms with Crippen LogP contribution in [0.25, 0.3) is 12.2 Å². The fourth-order valence-electron chi connectivity index (χ4n) is 1.38. The molecule has 0 saturated carbocycles. The third-order valence-electron chi connectivity index (χ3n) is 2.27. The molecule has 0 fully saturated rings. The van der Waals surface area contributed by atoms with E-state index in [4.69, 9.17) is 0 Å².